The largest absolute Gasteiger partial charge is 0.382 e. The van der Waals surface area contributed by atoms with Gasteiger partial charge >= 0.3 is 0 Å². The van der Waals surface area contributed by atoms with Gasteiger partial charge in [-0.15, -0.1) is 0 Å². The molecule has 0 atom stereocenters. The van der Waals surface area contributed by atoms with Gasteiger partial charge in [0.15, 0.2) is 0 Å². The molecular weight excluding hydrogens is 178 g/mol. The van der Waals surface area contributed by atoms with Crippen LogP contribution in [0.15, 0.2) is 0 Å². The van der Waals surface area contributed by atoms with Crippen molar-refractivity contribution in [2.75, 3.05) is 40.0 Å². The number of hydrogen-bond donors (Lipinski definition) is 1. The van der Waals surface area contributed by atoms with Gasteiger partial charge in [-0.05, 0) is 31.8 Å². The summed E-state index contributed by atoms with van der Waals surface area (Å²) in [6, 6.07) is 0. The lowest BCUT2D eigenvalue weighted by Gasteiger charge is -2.07. The van der Waals surface area contributed by atoms with Gasteiger partial charge in [-0.25, -0.2) is 0 Å². The van der Waals surface area contributed by atoms with Crippen molar-refractivity contribution in [3.05, 3.63) is 0 Å². The molecule has 0 spiro atoms. The SMILES string of the molecule is COCCOCCCNCCC(C)C. The van der Waals surface area contributed by atoms with Gasteiger partial charge in [0.2, 0.25) is 0 Å². The van der Waals surface area contributed by atoms with Crippen molar-refractivity contribution in [2.24, 2.45) is 5.92 Å². The van der Waals surface area contributed by atoms with Crippen molar-refractivity contribution in [3.8, 4) is 0 Å². The van der Waals surface area contributed by atoms with Gasteiger partial charge in [-0.3, -0.25) is 0 Å². The van der Waals surface area contributed by atoms with E-state index in [1.165, 1.54) is 6.42 Å². The standard InChI is InChI=1S/C11H25NO2/c1-11(2)5-7-12-6-4-8-14-10-9-13-3/h11-12H,4-10H2,1-3H3. The fraction of sp³-hybridized carbons (Fsp3) is 1.00. The number of methoxy groups -OCH3 is 1. The zero-order valence-electron chi connectivity index (χ0n) is 9.84. The molecule has 0 unspecified atom stereocenters. The van der Waals surface area contributed by atoms with Crippen molar-refractivity contribution < 1.29 is 9.47 Å². The molecule has 0 rings (SSSR count). The molecule has 0 fully saturated rings. The van der Waals surface area contributed by atoms with Crippen LogP contribution >= 0.6 is 0 Å². The molecule has 0 saturated heterocycles. The first-order valence-corrected chi connectivity index (χ1v) is 5.54. The normalized spacial score (nSPS) is 11.1. The Hall–Kier alpha value is -0.120. The van der Waals surface area contributed by atoms with Crippen LogP contribution in [0.1, 0.15) is 26.7 Å². The summed E-state index contributed by atoms with van der Waals surface area (Å²) in [6.45, 7) is 8.90. The number of rotatable bonds is 10. The summed E-state index contributed by atoms with van der Waals surface area (Å²) >= 11 is 0. The lowest BCUT2D eigenvalue weighted by molar-refractivity contribution is 0.0695. The number of ether oxygens (including phenoxy) is 2. The smallest absolute Gasteiger partial charge is 0.0700 e. The maximum atomic E-state index is 5.34. The van der Waals surface area contributed by atoms with E-state index in [2.05, 4.69) is 19.2 Å². The highest BCUT2D eigenvalue weighted by molar-refractivity contribution is 4.50. The highest BCUT2D eigenvalue weighted by Crippen LogP contribution is 1.95. The molecule has 3 nitrogen and oxygen atoms in total. The second kappa shape index (κ2) is 11.0. The molecule has 0 radical (unpaired) electrons. The van der Waals surface area contributed by atoms with Crippen molar-refractivity contribution in [3.63, 3.8) is 0 Å². The zero-order chi connectivity index (χ0) is 10.6. The molecule has 0 aliphatic carbocycles. The highest BCUT2D eigenvalue weighted by atomic mass is 16.5. The van der Waals surface area contributed by atoms with Crippen molar-refractivity contribution in [1.29, 1.82) is 0 Å². The molecular formula is C11H25NO2. The minimum Gasteiger partial charge on any atom is -0.382 e. The maximum Gasteiger partial charge on any atom is 0.0700 e. The molecule has 0 aromatic carbocycles. The summed E-state index contributed by atoms with van der Waals surface area (Å²) in [7, 11) is 1.69. The van der Waals surface area contributed by atoms with E-state index >= 15 is 0 Å². The first kappa shape index (κ1) is 13.9. The Kier molecular flexibility index (Phi) is 10.9. The summed E-state index contributed by atoms with van der Waals surface area (Å²) in [4.78, 5) is 0. The summed E-state index contributed by atoms with van der Waals surface area (Å²) in [5.74, 6) is 0.792. The Bertz CT molecular complexity index is 107. The van der Waals surface area contributed by atoms with Gasteiger partial charge in [0.1, 0.15) is 0 Å². The quantitative estimate of drug-likeness (QED) is 0.548. The van der Waals surface area contributed by atoms with E-state index in [4.69, 9.17) is 9.47 Å². The third-order valence-corrected chi connectivity index (χ3v) is 1.97. The summed E-state index contributed by atoms with van der Waals surface area (Å²) < 4.78 is 10.2. The monoisotopic (exact) mass is 203 g/mol. The van der Waals surface area contributed by atoms with Crippen LogP contribution in [0, 0.1) is 5.92 Å². The lowest BCUT2D eigenvalue weighted by atomic mass is 10.1. The molecule has 0 saturated carbocycles. The Morgan fingerprint density at radius 3 is 2.50 bits per heavy atom. The van der Waals surface area contributed by atoms with Crippen molar-refractivity contribution in [1.82, 2.24) is 5.32 Å². The van der Waals surface area contributed by atoms with Gasteiger partial charge in [-0.2, -0.15) is 0 Å². The highest BCUT2D eigenvalue weighted by Gasteiger charge is 1.93. The van der Waals surface area contributed by atoms with E-state index in [0.29, 0.717) is 13.2 Å². The third-order valence-electron chi connectivity index (χ3n) is 1.97. The van der Waals surface area contributed by atoms with Crippen LogP contribution in [0.25, 0.3) is 0 Å². The molecule has 0 heterocycles. The molecule has 0 aromatic heterocycles. The molecule has 14 heavy (non-hydrogen) atoms. The topological polar surface area (TPSA) is 30.5 Å². The lowest BCUT2D eigenvalue weighted by Crippen LogP contribution is -2.19. The Balaban J connectivity index is 2.85. The molecule has 0 aromatic rings. The Labute approximate surface area is 88.2 Å². The van der Waals surface area contributed by atoms with Crippen LogP contribution in [0.2, 0.25) is 0 Å². The summed E-state index contributed by atoms with van der Waals surface area (Å²) in [5.41, 5.74) is 0. The van der Waals surface area contributed by atoms with Gasteiger partial charge in [0.05, 0.1) is 13.2 Å². The molecule has 0 aliphatic rings. The van der Waals surface area contributed by atoms with Gasteiger partial charge in [0.25, 0.3) is 0 Å². The molecule has 0 amide bonds. The first-order valence-electron chi connectivity index (χ1n) is 5.54. The van der Waals surface area contributed by atoms with E-state index in [9.17, 15) is 0 Å². The van der Waals surface area contributed by atoms with E-state index in [-0.39, 0.29) is 0 Å². The minimum atomic E-state index is 0.695. The number of hydrogen-bond acceptors (Lipinski definition) is 3. The van der Waals surface area contributed by atoms with Crippen LogP contribution in [0.4, 0.5) is 0 Å². The van der Waals surface area contributed by atoms with E-state index < -0.39 is 0 Å². The Morgan fingerprint density at radius 2 is 1.86 bits per heavy atom. The molecule has 0 aliphatic heterocycles. The van der Waals surface area contributed by atoms with E-state index in [1.807, 2.05) is 0 Å². The van der Waals surface area contributed by atoms with Crippen LogP contribution in [-0.2, 0) is 9.47 Å². The average molecular weight is 203 g/mol. The molecule has 3 heteroatoms. The second-order valence-corrected chi connectivity index (χ2v) is 3.89. The predicted octanol–water partition coefficient (Wildman–Crippen LogP) is 1.68. The maximum absolute atomic E-state index is 5.34. The van der Waals surface area contributed by atoms with Crippen LogP contribution in [0.3, 0.4) is 0 Å². The third kappa shape index (κ3) is 11.9. The molecule has 86 valence electrons. The van der Waals surface area contributed by atoms with Gasteiger partial charge in [-0.1, -0.05) is 13.8 Å². The van der Waals surface area contributed by atoms with Gasteiger partial charge in [0, 0.05) is 13.7 Å². The summed E-state index contributed by atoms with van der Waals surface area (Å²) in [5, 5.41) is 3.40. The fourth-order valence-corrected chi connectivity index (χ4v) is 1.06. The Morgan fingerprint density at radius 1 is 1.07 bits per heavy atom. The predicted molar refractivity (Wildman–Crippen MR) is 59.6 cm³/mol. The average Bonchev–Trinajstić information content (AvgIpc) is 2.15. The fourth-order valence-electron chi connectivity index (χ4n) is 1.06. The van der Waals surface area contributed by atoms with Crippen LogP contribution in [0.5, 0.6) is 0 Å². The van der Waals surface area contributed by atoms with Crippen LogP contribution in [-0.4, -0.2) is 40.0 Å². The zero-order valence-corrected chi connectivity index (χ0v) is 9.84. The van der Waals surface area contributed by atoms with Crippen molar-refractivity contribution >= 4 is 0 Å². The van der Waals surface area contributed by atoms with Crippen LogP contribution < -0.4 is 5.32 Å². The summed E-state index contributed by atoms with van der Waals surface area (Å²) in [6.07, 6.45) is 2.34. The minimum absolute atomic E-state index is 0.695. The van der Waals surface area contributed by atoms with Gasteiger partial charge < -0.3 is 14.8 Å². The molecule has 1 N–H and O–H groups in total. The number of nitrogens with one attached hydrogen (secondary N) is 1. The van der Waals surface area contributed by atoms with E-state index in [0.717, 1.165) is 32.0 Å². The second-order valence-electron chi connectivity index (χ2n) is 3.89. The van der Waals surface area contributed by atoms with Crippen molar-refractivity contribution in [2.45, 2.75) is 26.7 Å². The van der Waals surface area contributed by atoms with E-state index in [1.54, 1.807) is 7.11 Å². The molecule has 0 bridgehead atoms. The first-order chi connectivity index (χ1) is 6.77.